The van der Waals surface area contributed by atoms with E-state index in [0.29, 0.717) is 37.2 Å². The van der Waals surface area contributed by atoms with Crippen LogP contribution in [-0.4, -0.2) is 217 Å². The molecule has 1 fully saturated rings. The van der Waals surface area contributed by atoms with Crippen LogP contribution in [0.3, 0.4) is 0 Å². The lowest BCUT2D eigenvalue weighted by Gasteiger charge is -2.32. The highest BCUT2D eigenvalue weighted by Gasteiger charge is 2.46. The zero-order valence-corrected chi connectivity index (χ0v) is 55.7. The molecular formula is C64H88N14O18S. The number of carbonyl (C=O) groups is 13. The molecular weight excluding hydrogens is 1280 g/mol. The fourth-order valence-electron chi connectivity index (χ4n) is 11.5. The van der Waals surface area contributed by atoms with Crippen molar-refractivity contribution in [3.8, 4) is 5.75 Å². The van der Waals surface area contributed by atoms with E-state index in [1.165, 1.54) is 36.1 Å². The number of imide groups is 1. The Balaban J connectivity index is 1.15. The van der Waals surface area contributed by atoms with Gasteiger partial charge in [-0.05, 0) is 68.0 Å². The molecule has 0 spiro atoms. The van der Waals surface area contributed by atoms with Gasteiger partial charge < -0.3 is 93.4 Å². The zero-order valence-electron chi connectivity index (χ0n) is 54.9. The fourth-order valence-corrected chi connectivity index (χ4v) is 12.9. The molecule has 1 aromatic heterocycles. The predicted molar refractivity (Wildman–Crippen MR) is 349 cm³/mol. The van der Waals surface area contributed by atoms with Crippen LogP contribution >= 0.6 is 0 Å². The summed E-state index contributed by atoms with van der Waals surface area (Å²) in [7, 11) is 0. The van der Waals surface area contributed by atoms with Crippen molar-refractivity contribution in [1.82, 2.24) is 62.6 Å². The number of amides is 13. The first-order chi connectivity index (χ1) is 46.1. The topological polar surface area (TPSA) is 483 Å². The second-order valence-electron chi connectivity index (χ2n) is 25.1. The van der Waals surface area contributed by atoms with E-state index in [-0.39, 0.29) is 57.5 Å². The van der Waals surface area contributed by atoms with Gasteiger partial charge in [-0.25, -0.2) is 0 Å². The van der Waals surface area contributed by atoms with Crippen molar-refractivity contribution in [3.63, 3.8) is 0 Å². The van der Waals surface area contributed by atoms with Crippen molar-refractivity contribution < 1.29 is 86.9 Å². The first-order valence-electron chi connectivity index (χ1n) is 32.3. The first kappa shape index (κ1) is 75.4. The van der Waals surface area contributed by atoms with Gasteiger partial charge in [-0.1, -0.05) is 66.0 Å². The van der Waals surface area contributed by atoms with E-state index in [1.807, 2.05) is 13.8 Å². The average Bonchev–Trinajstić information content (AvgIpc) is 1.64. The number of aliphatic hydroxyl groups is 3. The molecule has 2 unspecified atom stereocenters. The van der Waals surface area contributed by atoms with Gasteiger partial charge in [-0.3, -0.25) is 67.2 Å². The lowest BCUT2D eigenvalue weighted by atomic mass is 9.93. The number of fused-ring (bicyclic) bond motifs is 5. The summed E-state index contributed by atoms with van der Waals surface area (Å²) in [5, 5.41) is 58.2. The normalized spacial score (nSPS) is 24.1. The number of carbonyl (C=O) groups excluding carboxylic acids is 13. The number of ether oxygens (including phenoxy) is 1. The van der Waals surface area contributed by atoms with E-state index >= 15 is 4.55 Å². The molecule has 3 aromatic rings. The Morgan fingerprint density at radius 1 is 0.773 bits per heavy atom. The number of aromatic nitrogens is 1. The quantitative estimate of drug-likeness (QED) is 0.0249. The number of H-pyrrole nitrogens is 1. The maximum atomic E-state index is 15.2. The molecule has 5 heterocycles. The Labute approximate surface area is 562 Å². The molecule has 0 radical (unpaired) electrons. The van der Waals surface area contributed by atoms with Crippen LogP contribution in [0.4, 0.5) is 5.69 Å². The summed E-state index contributed by atoms with van der Waals surface area (Å²) < 4.78 is 21.4. The third-order valence-corrected chi connectivity index (χ3v) is 18.9. The molecule has 97 heavy (non-hydrogen) atoms. The molecule has 4 aliphatic heterocycles. The molecule has 16 N–H and O–H groups in total. The summed E-state index contributed by atoms with van der Waals surface area (Å²) in [4.78, 5) is 182. The fraction of sp³-hybridized carbons (Fsp3) is 0.547. The molecule has 1 saturated heterocycles. The van der Waals surface area contributed by atoms with E-state index < -0.39 is 194 Å². The van der Waals surface area contributed by atoms with E-state index in [4.69, 9.17) is 10.5 Å². The number of primary amides is 1. The summed E-state index contributed by atoms with van der Waals surface area (Å²) in [5.74, 6) is -13.5. The lowest BCUT2D eigenvalue weighted by Crippen LogP contribution is -2.62. The van der Waals surface area contributed by atoms with Crippen molar-refractivity contribution in [2.45, 2.75) is 165 Å². The number of hydrogen-bond acceptors (Lipinski definition) is 19. The van der Waals surface area contributed by atoms with Crippen LogP contribution < -0.4 is 63.6 Å². The number of rotatable bonds is 23. The number of nitrogens with one attached hydrogen (secondary N) is 11. The van der Waals surface area contributed by atoms with Gasteiger partial charge in [-0.15, -0.1) is 0 Å². The molecule has 33 heteroatoms. The van der Waals surface area contributed by atoms with Gasteiger partial charge in [0.1, 0.15) is 54.4 Å². The highest BCUT2D eigenvalue weighted by molar-refractivity contribution is 7.91. The highest BCUT2D eigenvalue weighted by atomic mass is 32.2. The average molecular weight is 1370 g/mol. The highest BCUT2D eigenvalue weighted by Crippen LogP contribution is 2.32. The minimum Gasteiger partial charge on any atom is -0.610 e. The number of unbranched alkanes of at least 4 members (excludes halogenated alkanes) is 3. The number of benzene rings is 2. The SMILES string of the molecule is CC[C@H](C)[C@@H]1NC(=O)CNC(=O)[C@H]2Cc3c([nH]c4cc(OCc5ccc(NC(=O)[C@H](C)NC(=O)C(NCCCCCCN6C(=O)C=CC6=O)C(C)C)cc5)ccc34)[S+]([O-])C[C@H](NC(=O)CNC1=O)C(=O)N[C@@H](CC(N)=O)C(=O)N1C[C@H](O)C[C@H]1C(=O)N[C@@H]([C@@H](C)[C@@H](O)CO)C(=O)N2. The molecule has 32 nitrogen and oxygen atoms in total. The van der Waals surface area contributed by atoms with Crippen LogP contribution in [0.15, 0.2) is 59.6 Å². The van der Waals surface area contributed by atoms with E-state index in [2.05, 4.69) is 58.2 Å². The number of aliphatic hydroxyl groups excluding tert-OH is 3. The van der Waals surface area contributed by atoms with Crippen molar-refractivity contribution in [3.05, 3.63) is 65.7 Å². The summed E-state index contributed by atoms with van der Waals surface area (Å²) in [5.41, 5.74) is 6.91. The predicted octanol–water partition coefficient (Wildman–Crippen LogP) is -3.50. The third-order valence-electron chi connectivity index (χ3n) is 17.4. The number of nitrogens with two attached hydrogens (primary N) is 1. The summed E-state index contributed by atoms with van der Waals surface area (Å²) in [6.07, 6.45) is 0.865. The first-order valence-corrected chi connectivity index (χ1v) is 33.6. The second kappa shape index (κ2) is 34.8. The van der Waals surface area contributed by atoms with Crippen molar-refractivity contribution in [2.75, 3.05) is 50.4 Å². The Morgan fingerprint density at radius 3 is 2.10 bits per heavy atom. The molecule has 2 bridgehead atoms. The molecule has 13 amide bonds. The van der Waals surface area contributed by atoms with Gasteiger partial charge in [0.2, 0.25) is 70.0 Å². The Morgan fingerprint density at radius 2 is 1.44 bits per heavy atom. The van der Waals surface area contributed by atoms with Gasteiger partial charge in [0.25, 0.3) is 11.8 Å². The smallest absolute Gasteiger partial charge is 0.253 e. The van der Waals surface area contributed by atoms with Crippen LogP contribution in [-0.2, 0) is 86.5 Å². The van der Waals surface area contributed by atoms with Gasteiger partial charge in [0.15, 0.2) is 6.04 Å². The standard InChI is InChI=1S/C64H88N14O18S/c1-7-33(4)54-60(91)68-26-49(83)71-45-31-97(95)63-41(24-43(57(88)67-27-50(84)75-54)72-62(93)55(34(5)47(81)29-79)76-59(90)46-22-38(80)28-78(46)64(94)44(25-48(65)82)73-58(45)89)40-17-16-39(23-42(40)74-63)96-30-36-12-14-37(15-13-36)70-56(87)35(6)69-61(92)53(32(2)3)66-20-10-8-9-11-21-77-51(85)18-19-52(77)86/h12-19,23,32-35,38,43-47,53-55,66,74,79-81H,7-11,20-22,24-31H2,1-6H3,(H2,65,82)(H,67,88)(H,68,91)(H,69,92)(H,70,87)(H,71,83)(H,72,93)(H,73,89)(H,75,84)(H,76,90)/t33-,34-,35-,38+,43+,44-,45-,46-,47-,53?,54-,55-,97?/m0/s1. The number of aromatic amines is 1. The maximum Gasteiger partial charge on any atom is 0.253 e. The van der Waals surface area contributed by atoms with Crippen molar-refractivity contribution in [1.29, 1.82) is 0 Å². The minimum atomic E-state index is -2.47. The zero-order chi connectivity index (χ0) is 70.9. The molecule has 4 aliphatic rings. The Bertz CT molecular complexity index is 3440. The minimum absolute atomic E-state index is 0.0448. The molecule has 2 aromatic carbocycles. The summed E-state index contributed by atoms with van der Waals surface area (Å²) >= 11 is -2.47. The monoisotopic (exact) mass is 1370 g/mol. The van der Waals surface area contributed by atoms with Crippen LogP contribution in [0.25, 0.3) is 10.9 Å². The summed E-state index contributed by atoms with van der Waals surface area (Å²) in [6, 6.07) is -0.535. The van der Waals surface area contributed by atoms with Crippen LogP contribution in [0.5, 0.6) is 5.75 Å². The lowest BCUT2D eigenvalue weighted by molar-refractivity contribution is -0.144. The van der Waals surface area contributed by atoms with Crippen LogP contribution in [0, 0.1) is 17.8 Å². The van der Waals surface area contributed by atoms with Gasteiger partial charge in [-0.2, -0.15) is 0 Å². The molecule has 528 valence electrons. The molecule has 0 aliphatic carbocycles. The third kappa shape index (κ3) is 20.3. The van der Waals surface area contributed by atoms with E-state index in [9.17, 15) is 77.6 Å². The number of anilines is 1. The molecule has 7 rings (SSSR count). The van der Waals surface area contributed by atoms with Crippen LogP contribution in [0.1, 0.15) is 97.6 Å². The maximum absolute atomic E-state index is 15.2. The summed E-state index contributed by atoms with van der Waals surface area (Å²) in [6.45, 7) is 7.76. The molecule has 13 atom stereocenters. The van der Waals surface area contributed by atoms with E-state index in [1.54, 1.807) is 51.1 Å². The number of hydrogen-bond donors (Lipinski definition) is 15. The largest absolute Gasteiger partial charge is 0.610 e. The van der Waals surface area contributed by atoms with Gasteiger partial charge in [0.05, 0.1) is 49.9 Å². The van der Waals surface area contributed by atoms with Gasteiger partial charge >= 0.3 is 0 Å². The Kier molecular flexibility index (Phi) is 27.0. The van der Waals surface area contributed by atoms with Crippen molar-refractivity contribution in [2.24, 2.45) is 23.5 Å². The Hall–Kier alpha value is -9.02. The van der Waals surface area contributed by atoms with Crippen LogP contribution in [0.2, 0.25) is 0 Å². The van der Waals surface area contributed by atoms with Crippen molar-refractivity contribution >= 4 is 105 Å². The number of nitrogens with zero attached hydrogens (tertiary/aromatic N) is 2. The second-order valence-corrected chi connectivity index (χ2v) is 26.5. The van der Waals surface area contributed by atoms with E-state index in [0.717, 1.165) is 24.2 Å². The van der Waals surface area contributed by atoms with Gasteiger partial charge in [0, 0.05) is 77.9 Å². The molecule has 0 saturated carbocycles.